The Morgan fingerprint density at radius 3 is 2.54 bits per heavy atom. The molecule has 0 fully saturated rings. The van der Waals surface area contributed by atoms with Gasteiger partial charge in [-0.1, -0.05) is 6.58 Å². The third-order valence-electron chi connectivity index (χ3n) is 5.35. The van der Waals surface area contributed by atoms with Crippen molar-refractivity contribution in [2.75, 3.05) is 19.5 Å². The fraction of sp³-hybridized carbons (Fsp3) is 0.160. The molecule has 0 spiro atoms. The maximum absolute atomic E-state index is 13.3. The number of carbonyl (C=O) groups excluding carboxylic acids is 1. The van der Waals surface area contributed by atoms with Crippen molar-refractivity contribution < 1.29 is 23.5 Å². The van der Waals surface area contributed by atoms with E-state index in [1.54, 1.807) is 31.2 Å². The Hall–Kier alpha value is -4.60. The molecule has 2 aromatic carbocycles. The highest BCUT2D eigenvalue weighted by atomic mass is 19.1. The molecule has 1 amide bonds. The molecule has 9 nitrogen and oxygen atoms in total. The number of aromatic nitrogens is 1. The van der Waals surface area contributed by atoms with E-state index in [1.807, 2.05) is 0 Å². The summed E-state index contributed by atoms with van der Waals surface area (Å²) in [7, 11) is 3.01. The van der Waals surface area contributed by atoms with Gasteiger partial charge >= 0.3 is 0 Å². The van der Waals surface area contributed by atoms with E-state index in [2.05, 4.69) is 22.4 Å². The molecule has 10 heteroatoms. The Kier molecular flexibility index (Phi) is 6.54. The number of anilines is 1. The summed E-state index contributed by atoms with van der Waals surface area (Å²) in [6.07, 6.45) is 0. The van der Waals surface area contributed by atoms with E-state index in [4.69, 9.17) is 14.3 Å². The minimum absolute atomic E-state index is 0.00775. The van der Waals surface area contributed by atoms with Crippen LogP contribution in [0.5, 0.6) is 11.5 Å². The molecule has 4 rings (SSSR count). The number of benzene rings is 2. The van der Waals surface area contributed by atoms with Gasteiger partial charge in [0.2, 0.25) is 5.91 Å². The van der Waals surface area contributed by atoms with E-state index < -0.39 is 11.5 Å². The molecule has 2 heterocycles. The van der Waals surface area contributed by atoms with Gasteiger partial charge in [-0.25, -0.2) is 9.87 Å². The van der Waals surface area contributed by atoms with Gasteiger partial charge in [0.15, 0.2) is 17.3 Å². The van der Waals surface area contributed by atoms with Crippen LogP contribution < -0.4 is 36.3 Å². The minimum atomic E-state index is -0.488. The monoisotopic (exact) mass is 478 g/mol. The summed E-state index contributed by atoms with van der Waals surface area (Å²) in [5.74, 6) is 0.502. The van der Waals surface area contributed by atoms with Crippen molar-refractivity contribution in [1.29, 1.82) is 0 Å². The van der Waals surface area contributed by atoms with Gasteiger partial charge in [-0.15, -0.1) is 0 Å². The van der Waals surface area contributed by atoms with Crippen molar-refractivity contribution >= 4 is 29.9 Å². The normalized spacial score (nSPS) is 14.0. The first-order valence-electron chi connectivity index (χ1n) is 10.5. The average Bonchev–Trinajstić information content (AvgIpc) is 3.31. The molecule has 1 aliphatic rings. The van der Waals surface area contributed by atoms with Crippen molar-refractivity contribution in [3.05, 3.63) is 86.4 Å². The van der Waals surface area contributed by atoms with Crippen LogP contribution in [0.3, 0.4) is 0 Å². The lowest BCUT2D eigenvalue weighted by atomic mass is 10.2. The number of aliphatic imine (C=N–C) groups is 1. The minimum Gasteiger partial charge on any atom is -0.493 e. The highest BCUT2D eigenvalue weighted by Crippen LogP contribution is 2.29. The Morgan fingerprint density at radius 1 is 1.14 bits per heavy atom. The van der Waals surface area contributed by atoms with Crippen LogP contribution >= 0.6 is 0 Å². The first-order chi connectivity index (χ1) is 16.8. The number of hydrogen-bond donors (Lipinski definition) is 2. The van der Waals surface area contributed by atoms with Gasteiger partial charge in [0.05, 0.1) is 14.2 Å². The first-order valence-corrected chi connectivity index (χ1v) is 10.5. The summed E-state index contributed by atoms with van der Waals surface area (Å²) in [6.45, 7) is 5.39. The Bertz CT molecular complexity index is 1500. The van der Waals surface area contributed by atoms with Crippen LogP contribution in [0.15, 0.2) is 58.3 Å². The van der Waals surface area contributed by atoms with Crippen molar-refractivity contribution in [2.24, 2.45) is 4.99 Å². The van der Waals surface area contributed by atoms with Gasteiger partial charge in [0, 0.05) is 23.0 Å². The number of rotatable bonds is 6. The van der Waals surface area contributed by atoms with Gasteiger partial charge < -0.3 is 24.2 Å². The van der Waals surface area contributed by atoms with Crippen molar-refractivity contribution in [2.45, 2.75) is 13.5 Å². The first kappa shape index (κ1) is 23.6. The predicted octanol–water partition coefficient (Wildman–Crippen LogP) is 1.41. The van der Waals surface area contributed by atoms with E-state index in [9.17, 15) is 14.0 Å². The Balaban J connectivity index is 1.66. The van der Waals surface area contributed by atoms with Gasteiger partial charge in [-0.3, -0.25) is 9.59 Å². The molecule has 0 aliphatic carbocycles. The number of amides is 1. The van der Waals surface area contributed by atoms with Gasteiger partial charge in [0.25, 0.3) is 11.4 Å². The van der Waals surface area contributed by atoms with Gasteiger partial charge in [-0.2, -0.15) is 4.99 Å². The van der Waals surface area contributed by atoms with Crippen molar-refractivity contribution in [3.8, 4) is 11.5 Å². The number of hydroxylamine groups is 1. The molecule has 3 aromatic rings. The largest absolute Gasteiger partial charge is 0.493 e. The molecular weight excluding hydrogens is 455 g/mol. The van der Waals surface area contributed by atoms with Crippen LogP contribution in [0.25, 0.3) is 12.5 Å². The number of hydrogen-bond acceptors (Lipinski definition) is 7. The molecule has 2 N–H and O–H groups in total. The molecule has 35 heavy (non-hydrogen) atoms. The topological polar surface area (TPSA) is 103 Å². The van der Waals surface area contributed by atoms with Crippen LogP contribution in [-0.4, -0.2) is 30.5 Å². The smallest absolute Gasteiger partial charge is 0.264 e. The third kappa shape index (κ3) is 4.86. The van der Waals surface area contributed by atoms with Crippen LogP contribution in [0.1, 0.15) is 11.3 Å². The van der Waals surface area contributed by atoms with Gasteiger partial charge in [0.1, 0.15) is 17.6 Å². The maximum atomic E-state index is 13.3. The molecule has 1 aliphatic heterocycles. The lowest BCUT2D eigenvalue weighted by Crippen LogP contribution is -2.47. The summed E-state index contributed by atoms with van der Waals surface area (Å²) in [5, 5.41) is 3.25. The highest BCUT2D eigenvalue weighted by Gasteiger charge is 2.19. The number of nitrogens with zero attached hydrogens (tertiary/aromatic N) is 2. The molecule has 0 bridgehead atoms. The fourth-order valence-corrected chi connectivity index (χ4v) is 3.60. The number of ether oxygens (including phenoxy) is 2. The Morgan fingerprint density at radius 2 is 1.86 bits per heavy atom. The summed E-state index contributed by atoms with van der Waals surface area (Å²) < 4.78 is 25.0. The van der Waals surface area contributed by atoms with E-state index in [1.165, 1.54) is 43.1 Å². The van der Waals surface area contributed by atoms with Crippen molar-refractivity contribution in [1.82, 2.24) is 10.0 Å². The molecule has 180 valence electrons. The number of methoxy groups -OCH3 is 2. The number of nitrogens with one attached hydrogen (secondary N) is 2. The number of halogens is 1. The second-order valence-corrected chi connectivity index (χ2v) is 7.67. The van der Waals surface area contributed by atoms with Crippen LogP contribution in [-0.2, 0) is 16.2 Å². The fourth-order valence-electron chi connectivity index (χ4n) is 3.60. The highest BCUT2D eigenvalue weighted by molar-refractivity contribution is 6.01. The molecule has 0 saturated heterocycles. The molecule has 0 atom stereocenters. The second-order valence-electron chi connectivity index (χ2n) is 7.67. The van der Waals surface area contributed by atoms with Crippen LogP contribution in [0, 0.1) is 12.7 Å². The number of amidine groups is 1. The SMILES string of the molecule is C=c1cc(C)n(CC(=O)Nc2ccc(OC)c(OC)c2)c(=O)c1=C1N=C(c2ccc(F)cc2)NO1. The van der Waals surface area contributed by atoms with E-state index in [0.29, 0.717) is 39.5 Å². The van der Waals surface area contributed by atoms with E-state index in [-0.39, 0.29) is 23.5 Å². The zero-order chi connectivity index (χ0) is 25.1. The third-order valence-corrected chi connectivity index (χ3v) is 5.35. The van der Waals surface area contributed by atoms with Crippen LogP contribution in [0.2, 0.25) is 0 Å². The van der Waals surface area contributed by atoms with E-state index in [0.717, 1.165) is 0 Å². The lowest BCUT2D eigenvalue weighted by molar-refractivity contribution is -0.116. The summed E-state index contributed by atoms with van der Waals surface area (Å²) in [5.41, 5.74) is 3.75. The van der Waals surface area contributed by atoms with E-state index >= 15 is 0 Å². The summed E-state index contributed by atoms with van der Waals surface area (Å²) in [4.78, 5) is 35.8. The second kappa shape index (κ2) is 9.72. The molecule has 1 aromatic heterocycles. The lowest BCUT2D eigenvalue weighted by Gasteiger charge is -2.13. The Labute approximate surface area is 199 Å². The summed E-state index contributed by atoms with van der Waals surface area (Å²) >= 11 is 0. The zero-order valence-corrected chi connectivity index (χ0v) is 19.3. The average molecular weight is 478 g/mol. The number of pyridine rings is 1. The van der Waals surface area contributed by atoms with Crippen LogP contribution in [0.4, 0.5) is 10.1 Å². The van der Waals surface area contributed by atoms with Gasteiger partial charge in [-0.05, 0) is 54.6 Å². The summed E-state index contributed by atoms with van der Waals surface area (Å²) in [6, 6.07) is 12.3. The molecule has 0 unspecified atom stereocenters. The zero-order valence-electron chi connectivity index (χ0n) is 19.3. The molecule has 0 saturated carbocycles. The van der Waals surface area contributed by atoms with Crippen molar-refractivity contribution in [3.63, 3.8) is 0 Å². The maximum Gasteiger partial charge on any atom is 0.264 e. The number of carbonyl (C=O) groups is 1. The molecular formula is C25H23FN4O5. The standard InChI is InChI=1S/C25H23FN4O5/c1-14-11-15(2)30(13-21(31)27-18-9-10-19(33-3)20(12-18)34-4)25(32)22(14)24-28-23(29-35-24)16-5-7-17(26)8-6-16/h5-12H,1,13H2,2-4H3,(H,27,31)(H,28,29). The molecule has 0 radical (unpaired) electrons. The number of aryl methyl sites for hydroxylation is 1. The predicted molar refractivity (Wildman–Crippen MR) is 129 cm³/mol. The quantitative estimate of drug-likeness (QED) is 0.556.